The molecule has 3 heterocycles. The molecule has 1 aromatic rings. The summed E-state index contributed by atoms with van der Waals surface area (Å²) in [6, 6.07) is 3.81. The van der Waals surface area contributed by atoms with Crippen molar-refractivity contribution in [2.24, 2.45) is 0 Å². The van der Waals surface area contributed by atoms with Crippen molar-refractivity contribution >= 4 is 11.7 Å². The van der Waals surface area contributed by atoms with E-state index in [0.29, 0.717) is 13.0 Å². The zero-order valence-electron chi connectivity index (χ0n) is 8.59. The Bertz CT molecular complexity index is 491. The Morgan fingerprint density at radius 1 is 1.31 bits per heavy atom. The first-order valence-electron chi connectivity index (χ1n) is 5.11. The number of carbonyl (C=O) groups is 1. The Balaban J connectivity index is 2.03. The number of hydrogen-bond acceptors (Lipinski definition) is 4. The van der Waals surface area contributed by atoms with E-state index in [-0.39, 0.29) is 5.97 Å². The number of cyclic esters (lactones) is 1. The third-order valence-electron chi connectivity index (χ3n) is 2.74. The van der Waals surface area contributed by atoms with Crippen LogP contribution in [-0.4, -0.2) is 17.6 Å². The fourth-order valence-corrected chi connectivity index (χ4v) is 1.95. The second kappa shape index (κ2) is 3.48. The Hall–Kier alpha value is -2.10. The Kier molecular flexibility index (Phi) is 1.99. The van der Waals surface area contributed by atoms with Crippen LogP contribution in [0.5, 0.6) is 0 Å². The van der Waals surface area contributed by atoms with Crippen LogP contribution in [0, 0.1) is 0 Å². The number of nitrogens with zero attached hydrogens (tertiary/aromatic N) is 2. The summed E-state index contributed by atoms with van der Waals surface area (Å²) in [4.78, 5) is 17.4. The molecule has 80 valence electrons. The SMILES string of the molecule is O=C1OCC2=C1CC=CN2c1ccncc1. The van der Waals surface area contributed by atoms with E-state index in [0.717, 1.165) is 17.0 Å². The fourth-order valence-electron chi connectivity index (χ4n) is 1.95. The van der Waals surface area contributed by atoms with E-state index >= 15 is 0 Å². The average molecular weight is 214 g/mol. The highest BCUT2D eigenvalue weighted by Gasteiger charge is 2.29. The van der Waals surface area contributed by atoms with Crippen LogP contribution < -0.4 is 4.90 Å². The van der Waals surface area contributed by atoms with Crippen LogP contribution in [-0.2, 0) is 9.53 Å². The van der Waals surface area contributed by atoms with E-state index in [1.165, 1.54) is 0 Å². The van der Waals surface area contributed by atoms with Crippen molar-refractivity contribution in [3.63, 3.8) is 0 Å². The number of allylic oxidation sites excluding steroid dienone is 1. The summed E-state index contributed by atoms with van der Waals surface area (Å²) in [7, 11) is 0. The summed E-state index contributed by atoms with van der Waals surface area (Å²) in [6.07, 6.45) is 8.06. The number of anilines is 1. The Morgan fingerprint density at radius 3 is 2.94 bits per heavy atom. The zero-order chi connectivity index (χ0) is 11.0. The molecule has 0 aromatic carbocycles. The van der Waals surface area contributed by atoms with Crippen molar-refractivity contribution in [3.8, 4) is 0 Å². The van der Waals surface area contributed by atoms with E-state index in [2.05, 4.69) is 4.98 Å². The van der Waals surface area contributed by atoms with Crippen molar-refractivity contribution in [2.45, 2.75) is 6.42 Å². The molecule has 0 N–H and O–H groups in total. The number of ether oxygens (including phenoxy) is 1. The normalized spacial score (nSPS) is 18.8. The summed E-state index contributed by atoms with van der Waals surface area (Å²) in [5, 5.41) is 0. The second-order valence-electron chi connectivity index (χ2n) is 3.67. The fraction of sp³-hybridized carbons (Fsp3) is 0.167. The van der Waals surface area contributed by atoms with Crippen LogP contribution in [0.15, 0.2) is 48.1 Å². The van der Waals surface area contributed by atoms with E-state index in [1.54, 1.807) is 12.4 Å². The van der Waals surface area contributed by atoms with Crippen LogP contribution >= 0.6 is 0 Å². The molecule has 0 fully saturated rings. The van der Waals surface area contributed by atoms with Gasteiger partial charge in [0.25, 0.3) is 0 Å². The lowest BCUT2D eigenvalue weighted by Crippen LogP contribution is -2.20. The molecule has 2 aliphatic heterocycles. The van der Waals surface area contributed by atoms with Crippen LogP contribution in [0.4, 0.5) is 5.69 Å². The standard InChI is InChI=1S/C12H10N2O2/c15-12-10-2-1-7-14(11(10)8-16-12)9-3-5-13-6-4-9/h1,3-7H,2,8H2. The smallest absolute Gasteiger partial charge is 0.336 e. The third-order valence-corrected chi connectivity index (χ3v) is 2.74. The maximum Gasteiger partial charge on any atom is 0.336 e. The van der Waals surface area contributed by atoms with Gasteiger partial charge in [0, 0.05) is 30.7 Å². The molecule has 0 unspecified atom stereocenters. The number of pyridine rings is 1. The van der Waals surface area contributed by atoms with Crippen molar-refractivity contribution in [1.29, 1.82) is 0 Å². The molecule has 16 heavy (non-hydrogen) atoms. The second-order valence-corrected chi connectivity index (χ2v) is 3.67. The minimum Gasteiger partial charge on any atom is -0.456 e. The number of rotatable bonds is 1. The molecule has 0 atom stereocenters. The van der Waals surface area contributed by atoms with Gasteiger partial charge < -0.3 is 9.64 Å². The molecule has 4 nitrogen and oxygen atoms in total. The summed E-state index contributed by atoms with van der Waals surface area (Å²) < 4.78 is 5.04. The van der Waals surface area contributed by atoms with Crippen molar-refractivity contribution < 1.29 is 9.53 Å². The number of carbonyl (C=O) groups excluding carboxylic acids is 1. The molecule has 0 radical (unpaired) electrons. The molecular formula is C12H10N2O2. The highest BCUT2D eigenvalue weighted by molar-refractivity contribution is 5.93. The molecule has 0 spiro atoms. The lowest BCUT2D eigenvalue weighted by molar-refractivity contribution is -0.136. The Morgan fingerprint density at radius 2 is 2.12 bits per heavy atom. The van der Waals surface area contributed by atoms with E-state index < -0.39 is 0 Å². The average Bonchev–Trinajstić information content (AvgIpc) is 2.73. The molecule has 0 bridgehead atoms. The lowest BCUT2D eigenvalue weighted by Gasteiger charge is -2.23. The number of hydrogen-bond donors (Lipinski definition) is 0. The topological polar surface area (TPSA) is 42.4 Å². The van der Waals surface area contributed by atoms with Gasteiger partial charge in [-0.15, -0.1) is 0 Å². The van der Waals surface area contributed by atoms with E-state index in [4.69, 9.17) is 4.74 Å². The molecular weight excluding hydrogens is 204 g/mol. The van der Waals surface area contributed by atoms with Crippen LogP contribution in [0.25, 0.3) is 0 Å². The van der Waals surface area contributed by atoms with Gasteiger partial charge in [-0.25, -0.2) is 4.79 Å². The monoisotopic (exact) mass is 214 g/mol. The predicted octanol–water partition coefficient (Wildman–Crippen LogP) is 1.62. The predicted molar refractivity (Wildman–Crippen MR) is 58.5 cm³/mol. The summed E-state index contributed by atoms with van der Waals surface area (Å²) in [5.41, 5.74) is 2.70. The first-order chi connectivity index (χ1) is 7.86. The first-order valence-corrected chi connectivity index (χ1v) is 5.11. The maximum atomic E-state index is 11.4. The van der Waals surface area contributed by atoms with Crippen molar-refractivity contribution in [2.75, 3.05) is 11.5 Å². The van der Waals surface area contributed by atoms with Gasteiger partial charge in [0.1, 0.15) is 6.61 Å². The highest BCUT2D eigenvalue weighted by Crippen LogP contribution is 2.30. The van der Waals surface area contributed by atoms with Gasteiger partial charge in [-0.3, -0.25) is 4.98 Å². The molecule has 1 aromatic heterocycles. The minimum absolute atomic E-state index is 0.196. The molecule has 0 saturated carbocycles. The molecule has 0 saturated heterocycles. The van der Waals surface area contributed by atoms with E-state index in [1.807, 2.05) is 29.3 Å². The van der Waals surface area contributed by atoms with Crippen LogP contribution in [0.1, 0.15) is 6.42 Å². The zero-order valence-corrected chi connectivity index (χ0v) is 8.59. The summed E-state index contributed by atoms with van der Waals surface area (Å²) in [5.74, 6) is -0.196. The van der Waals surface area contributed by atoms with Gasteiger partial charge in [-0.2, -0.15) is 0 Å². The highest BCUT2D eigenvalue weighted by atomic mass is 16.5. The molecule has 3 rings (SSSR count). The maximum absolute atomic E-state index is 11.4. The van der Waals surface area contributed by atoms with Gasteiger partial charge in [-0.05, 0) is 12.1 Å². The van der Waals surface area contributed by atoms with Crippen molar-refractivity contribution in [1.82, 2.24) is 4.98 Å². The number of aromatic nitrogens is 1. The van der Waals surface area contributed by atoms with Gasteiger partial charge in [-0.1, -0.05) is 6.08 Å². The molecule has 4 heteroatoms. The van der Waals surface area contributed by atoms with E-state index in [9.17, 15) is 4.79 Å². The Labute approximate surface area is 92.8 Å². The van der Waals surface area contributed by atoms with Crippen molar-refractivity contribution in [3.05, 3.63) is 48.1 Å². The number of esters is 1. The van der Waals surface area contributed by atoms with Gasteiger partial charge in [0.15, 0.2) is 0 Å². The summed E-state index contributed by atoms with van der Waals surface area (Å²) in [6.45, 7) is 0.362. The van der Waals surface area contributed by atoms with Gasteiger partial charge in [0.05, 0.1) is 11.3 Å². The lowest BCUT2D eigenvalue weighted by atomic mass is 10.1. The van der Waals surface area contributed by atoms with Gasteiger partial charge in [0.2, 0.25) is 0 Å². The van der Waals surface area contributed by atoms with Gasteiger partial charge >= 0.3 is 5.97 Å². The molecule has 2 aliphatic rings. The minimum atomic E-state index is -0.196. The van der Waals surface area contributed by atoms with Crippen LogP contribution in [0.3, 0.4) is 0 Å². The molecule has 0 amide bonds. The summed E-state index contributed by atoms with van der Waals surface area (Å²) >= 11 is 0. The first kappa shape index (κ1) is 9.15. The quantitative estimate of drug-likeness (QED) is 0.666. The van der Waals surface area contributed by atoms with Crippen LogP contribution in [0.2, 0.25) is 0 Å². The largest absolute Gasteiger partial charge is 0.456 e. The molecule has 0 aliphatic carbocycles. The third kappa shape index (κ3) is 1.31.